The fraction of sp³-hybridized carbons (Fsp3) is 0.538. The Kier molecular flexibility index (Phi) is 5.79. The number of ether oxygens (including phenoxy) is 1. The van der Waals surface area contributed by atoms with Crippen LogP contribution in [0.5, 0.6) is 0 Å². The van der Waals surface area contributed by atoms with Crippen molar-refractivity contribution < 1.29 is 19.2 Å². The van der Waals surface area contributed by atoms with Gasteiger partial charge in [-0.1, -0.05) is 26.0 Å². The molecule has 0 amide bonds. The number of rotatable bonds is 6. The van der Waals surface area contributed by atoms with Crippen LogP contribution in [-0.2, 0) is 11.3 Å². The molecule has 5 heteroatoms. The van der Waals surface area contributed by atoms with Crippen molar-refractivity contribution in [2.45, 2.75) is 39.9 Å². The van der Waals surface area contributed by atoms with Gasteiger partial charge in [0.1, 0.15) is 5.82 Å². The van der Waals surface area contributed by atoms with E-state index in [4.69, 9.17) is 14.8 Å². The predicted molar refractivity (Wildman–Crippen MR) is 69.9 cm³/mol. The van der Waals surface area contributed by atoms with Gasteiger partial charge < -0.3 is 14.8 Å². The van der Waals surface area contributed by atoms with Crippen LogP contribution >= 0.6 is 0 Å². The Morgan fingerprint density at radius 1 is 1.28 bits per heavy atom. The van der Waals surface area contributed by atoms with Crippen LogP contribution in [0.3, 0.4) is 0 Å². The largest absolute Gasteiger partial charge is 0.488 e. The average molecular weight is 254 g/mol. The van der Waals surface area contributed by atoms with Gasteiger partial charge in [-0.25, -0.2) is 4.39 Å². The monoisotopic (exact) mass is 254 g/mol. The highest BCUT2D eigenvalue weighted by molar-refractivity contribution is 6.58. The molecular formula is C13H20BFO3. The van der Waals surface area contributed by atoms with Gasteiger partial charge in [0, 0.05) is 5.56 Å². The molecule has 1 atom stereocenters. The lowest BCUT2D eigenvalue weighted by Gasteiger charge is -2.15. The van der Waals surface area contributed by atoms with Gasteiger partial charge in [0.25, 0.3) is 0 Å². The number of hydrogen-bond acceptors (Lipinski definition) is 3. The first-order chi connectivity index (χ1) is 8.40. The molecular weight excluding hydrogens is 234 g/mol. The molecule has 18 heavy (non-hydrogen) atoms. The molecule has 3 nitrogen and oxygen atoms in total. The average Bonchev–Trinajstić information content (AvgIpc) is 2.26. The van der Waals surface area contributed by atoms with E-state index in [1.807, 2.05) is 6.92 Å². The standard InChI is InChI=1S/C13H20BFO3/c1-9(2)6-10(3)18-8-11-4-5-12(14(16)17)7-13(11)15/h4-5,7,9-10,16-17H,6,8H2,1-3H3. The van der Waals surface area contributed by atoms with Crippen molar-refractivity contribution >= 4 is 12.6 Å². The van der Waals surface area contributed by atoms with E-state index in [0.29, 0.717) is 11.5 Å². The summed E-state index contributed by atoms with van der Waals surface area (Å²) in [6.45, 7) is 6.38. The van der Waals surface area contributed by atoms with E-state index in [2.05, 4.69) is 13.8 Å². The number of halogens is 1. The zero-order valence-corrected chi connectivity index (χ0v) is 11.1. The molecule has 0 heterocycles. The second-order valence-corrected chi connectivity index (χ2v) is 4.98. The summed E-state index contributed by atoms with van der Waals surface area (Å²) in [5.74, 6) is 0.0640. The van der Waals surface area contributed by atoms with Crippen LogP contribution in [0.1, 0.15) is 32.8 Å². The summed E-state index contributed by atoms with van der Waals surface area (Å²) in [5, 5.41) is 17.8. The third kappa shape index (κ3) is 4.76. The van der Waals surface area contributed by atoms with Crippen LogP contribution in [0.25, 0.3) is 0 Å². The molecule has 1 aromatic carbocycles. The molecule has 100 valence electrons. The second-order valence-electron chi connectivity index (χ2n) is 4.98. The molecule has 0 aliphatic carbocycles. The van der Waals surface area contributed by atoms with E-state index in [0.717, 1.165) is 12.5 Å². The van der Waals surface area contributed by atoms with Crippen molar-refractivity contribution in [2.24, 2.45) is 5.92 Å². The Morgan fingerprint density at radius 2 is 1.94 bits per heavy atom. The maximum Gasteiger partial charge on any atom is 0.488 e. The van der Waals surface area contributed by atoms with Crippen LogP contribution < -0.4 is 5.46 Å². The van der Waals surface area contributed by atoms with Gasteiger partial charge in [0.15, 0.2) is 0 Å². The predicted octanol–water partition coefficient (Wildman–Crippen LogP) is 1.46. The highest BCUT2D eigenvalue weighted by Crippen LogP contribution is 2.12. The van der Waals surface area contributed by atoms with Gasteiger partial charge >= 0.3 is 7.12 Å². The summed E-state index contributed by atoms with van der Waals surface area (Å²) in [6, 6.07) is 4.13. The highest BCUT2D eigenvalue weighted by Gasteiger charge is 2.14. The summed E-state index contributed by atoms with van der Waals surface area (Å²) in [4.78, 5) is 0. The molecule has 1 rings (SSSR count). The smallest absolute Gasteiger partial charge is 0.423 e. The van der Waals surface area contributed by atoms with Crippen LogP contribution in [-0.4, -0.2) is 23.3 Å². The lowest BCUT2D eigenvalue weighted by molar-refractivity contribution is 0.0382. The Hall–Kier alpha value is -0.905. The molecule has 0 bridgehead atoms. The van der Waals surface area contributed by atoms with E-state index in [1.54, 1.807) is 0 Å². The van der Waals surface area contributed by atoms with E-state index < -0.39 is 12.9 Å². The molecule has 1 aromatic rings. The van der Waals surface area contributed by atoms with Gasteiger partial charge in [-0.05, 0) is 30.8 Å². The maximum atomic E-state index is 13.6. The fourth-order valence-corrected chi connectivity index (χ4v) is 1.81. The zero-order valence-electron chi connectivity index (χ0n) is 11.1. The van der Waals surface area contributed by atoms with Crippen LogP contribution in [0, 0.1) is 11.7 Å². The molecule has 0 fully saturated rings. The van der Waals surface area contributed by atoms with Gasteiger partial charge in [-0.15, -0.1) is 0 Å². The third-order valence-corrected chi connectivity index (χ3v) is 2.70. The summed E-state index contributed by atoms with van der Waals surface area (Å²) < 4.78 is 19.2. The molecule has 0 saturated heterocycles. The summed E-state index contributed by atoms with van der Waals surface area (Å²) in [6.07, 6.45) is 1.00. The molecule has 0 saturated carbocycles. The molecule has 2 N–H and O–H groups in total. The third-order valence-electron chi connectivity index (χ3n) is 2.70. The van der Waals surface area contributed by atoms with Gasteiger partial charge in [-0.3, -0.25) is 0 Å². The molecule has 0 spiro atoms. The van der Waals surface area contributed by atoms with E-state index in [-0.39, 0.29) is 18.2 Å². The summed E-state index contributed by atoms with van der Waals surface area (Å²) in [7, 11) is -1.64. The normalized spacial score (nSPS) is 12.8. The highest BCUT2D eigenvalue weighted by atomic mass is 19.1. The molecule has 0 aliphatic heterocycles. The van der Waals surface area contributed by atoms with Crippen LogP contribution in [0.4, 0.5) is 4.39 Å². The minimum Gasteiger partial charge on any atom is -0.423 e. The van der Waals surface area contributed by atoms with Gasteiger partial charge in [-0.2, -0.15) is 0 Å². The molecule has 0 radical (unpaired) electrons. The van der Waals surface area contributed by atoms with Crippen LogP contribution in [0.15, 0.2) is 18.2 Å². The number of benzene rings is 1. The summed E-state index contributed by atoms with van der Waals surface area (Å²) >= 11 is 0. The first kappa shape index (κ1) is 15.2. The van der Waals surface area contributed by atoms with E-state index in [1.165, 1.54) is 12.1 Å². The first-order valence-corrected chi connectivity index (χ1v) is 6.16. The van der Waals surface area contributed by atoms with E-state index in [9.17, 15) is 4.39 Å². The van der Waals surface area contributed by atoms with Crippen molar-refractivity contribution in [3.63, 3.8) is 0 Å². The van der Waals surface area contributed by atoms with Crippen molar-refractivity contribution in [3.05, 3.63) is 29.6 Å². The van der Waals surface area contributed by atoms with Crippen LogP contribution in [0.2, 0.25) is 0 Å². The lowest BCUT2D eigenvalue weighted by atomic mass is 9.80. The van der Waals surface area contributed by atoms with E-state index >= 15 is 0 Å². The van der Waals surface area contributed by atoms with Crippen molar-refractivity contribution in [3.8, 4) is 0 Å². The SMILES string of the molecule is CC(C)CC(C)OCc1ccc(B(O)O)cc1F. The zero-order chi connectivity index (χ0) is 13.7. The number of hydrogen-bond donors (Lipinski definition) is 2. The van der Waals surface area contributed by atoms with Gasteiger partial charge in [0.05, 0.1) is 12.7 Å². The Labute approximate surface area is 108 Å². The quantitative estimate of drug-likeness (QED) is 0.755. The van der Waals surface area contributed by atoms with Crippen molar-refractivity contribution in [2.75, 3.05) is 0 Å². The lowest BCUT2D eigenvalue weighted by Crippen LogP contribution is -2.30. The van der Waals surface area contributed by atoms with Crippen molar-refractivity contribution in [1.29, 1.82) is 0 Å². The maximum absolute atomic E-state index is 13.6. The Bertz CT molecular complexity index is 382. The first-order valence-electron chi connectivity index (χ1n) is 6.16. The minimum atomic E-state index is -1.64. The second kappa shape index (κ2) is 6.88. The minimum absolute atomic E-state index is 0.0764. The molecule has 0 aromatic heterocycles. The Morgan fingerprint density at radius 3 is 2.44 bits per heavy atom. The topological polar surface area (TPSA) is 49.7 Å². The Balaban J connectivity index is 2.58. The fourth-order valence-electron chi connectivity index (χ4n) is 1.81. The van der Waals surface area contributed by atoms with Crippen molar-refractivity contribution in [1.82, 2.24) is 0 Å². The molecule has 0 aliphatic rings. The van der Waals surface area contributed by atoms with Gasteiger partial charge in [0.2, 0.25) is 0 Å². The summed E-state index contributed by atoms with van der Waals surface area (Å²) in [5.41, 5.74) is 0.571. The molecule has 1 unspecified atom stereocenters.